The van der Waals surface area contributed by atoms with Crippen molar-refractivity contribution in [3.05, 3.63) is 21.4 Å². The predicted octanol–water partition coefficient (Wildman–Crippen LogP) is 3.84. The Hall–Kier alpha value is -0.910. The fraction of sp³-hybridized carbons (Fsp3) is 0.737. The van der Waals surface area contributed by atoms with E-state index in [4.69, 9.17) is 9.47 Å². The van der Waals surface area contributed by atoms with Crippen molar-refractivity contribution in [3.8, 4) is 0 Å². The Morgan fingerprint density at radius 3 is 2.50 bits per heavy atom. The second-order valence-corrected chi connectivity index (χ2v) is 8.21. The zero-order chi connectivity index (χ0) is 17.3. The van der Waals surface area contributed by atoms with Gasteiger partial charge in [0.05, 0.1) is 18.8 Å². The first-order chi connectivity index (χ1) is 11.5. The molecule has 0 radical (unpaired) electrons. The molecule has 0 bridgehead atoms. The summed E-state index contributed by atoms with van der Waals surface area (Å²) in [5, 5.41) is 1.96. The Balaban J connectivity index is 1.57. The number of carbonyl (C=O) groups excluding carboxylic acids is 1. The molecule has 2 fully saturated rings. The van der Waals surface area contributed by atoms with Crippen LogP contribution < -0.4 is 0 Å². The second-order valence-electron chi connectivity index (χ2n) is 7.30. The van der Waals surface area contributed by atoms with Gasteiger partial charge in [-0.25, -0.2) is 4.79 Å². The molecule has 0 unspecified atom stereocenters. The first kappa shape index (κ1) is 17.9. The lowest BCUT2D eigenvalue weighted by atomic mass is 9.77. The molecule has 4 nitrogen and oxygen atoms in total. The van der Waals surface area contributed by atoms with Crippen LogP contribution in [0.2, 0.25) is 0 Å². The summed E-state index contributed by atoms with van der Waals surface area (Å²) in [6, 6.07) is 0.745. The van der Waals surface area contributed by atoms with Crippen LogP contribution in [-0.2, 0) is 9.47 Å². The van der Waals surface area contributed by atoms with E-state index in [9.17, 15) is 4.79 Å². The maximum Gasteiger partial charge on any atom is 0.338 e. The van der Waals surface area contributed by atoms with Gasteiger partial charge in [0.1, 0.15) is 0 Å². The number of carbonyl (C=O) groups is 1. The number of hydrogen-bond donors (Lipinski definition) is 0. The van der Waals surface area contributed by atoms with Gasteiger partial charge in [-0.05, 0) is 50.0 Å². The number of rotatable bonds is 5. The first-order valence-electron chi connectivity index (χ1n) is 8.98. The van der Waals surface area contributed by atoms with Gasteiger partial charge < -0.3 is 9.47 Å². The fourth-order valence-electron chi connectivity index (χ4n) is 4.29. The van der Waals surface area contributed by atoms with Crippen molar-refractivity contribution < 1.29 is 14.3 Å². The van der Waals surface area contributed by atoms with E-state index in [1.165, 1.54) is 37.7 Å². The van der Waals surface area contributed by atoms with Crippen molar-refractivity contribution >= 4 is 17.3 Å². The van der Waals surface area contributed by atoms with Crippen LogP contribution in [0.15, 0.2) is 5.38 Å². The molecule has 2 aliphatic rings. The fourth-order valence-corrected chi connectivity index (χ4v) is 5.50. The molecule has 1 aliphatic carbocycles. The van der Waals surface area contributed by atoms with Crippen molar-refractivity contribution in [2.24, 2.45) is 5.92 Å². The molecule has 1 aliphatic heterocycles. The highest BCUT2D eigenvalue weighted by molar-refractivity contribution is 7.10. The lowest BCUT2D eigenvalue weighted by Crippen LogP contribution is -2.56. The Kier molecular flexibility index (Phi) is 5.63. The van der Waals surface area contributed by atoms with Crippen LogP contribution >= 0.6 is 11.3 Å². The number of nitrogens with zero attached hydrogens (tertiary/aromatic N) is 1. The summed E-state index contributed by atoms with van der Waals surface area (Å²) in [7, 11) is 3.26. The zero-order valence-corrected chi connectivity index (χ0v) is 16.0. The lowest BCUT2D eigenvalue weighted by molar-refractivity contribution is -0.0600. The molecule has 0 N–H and O–H groups in total. The normalized spacial score (nSPS) is 26.8. The zero-order valence-electron chi connectivity index (χ0n) is 15.2. The first-order valence-corrected chi connectivity index (χ1v) is 9.86. The van der Waals surface area contributed by atoms with Crippen LogP contribution in [0.25, 0.3) is 0 Å². The van der Waals surface area contributed by atoms with Crippen molar-refractivity contribution in [3.63, 3.8) is 0 Å². The van der Waals surface area contributed by atoms with Gasteiger partial charge in [-0.2, -0.15) is 0 Å². The van der Waals surface area contributed by atoms with E-state index in [2.05, 4.69) is 18.7 Å². The molecule has 0 spiro atoms. The van der Waals surface area contributed by atoms with E-state index < -0.39 is 0 Å². The summed E-state index contributed by atoms with van der Waals surface area (Å²) in [5.74, 6) is 1.04. The molecule has 1 aromatic rings. The van der Waals surface area contributed by atoms with E-state index in [1.807, 2.05) is 12.5 Å². The molecule has 1 atom stereocenters. The molecule has 0 amide bonds. The van der Waals surface area contributed by atoms with E-state index in [1.54, 1.807) is 11.3 Å². The standard InChI is InChI=1S/C19H29NO3S/c1-12(18-13(2)17(11-24-18)19(21)23-4)14-5-7-15(8-6-14)20-9-16(10-20)22-3/h11-12,14-16H,5-10H2,1-4H3/t12-,14?,15?/m1/s1. The van der Waals surface area contributed by atoms with Crippen LogP contribution in [-0.4, -0.2) is 50.3 Å². The summed E-state index contributed by atoms with van der Waals surface area (Å²) in [5.41, 5.74) is 1.86. The molecule has 24 heavy (non-hydrogen) atoms. The summed E-state index contributed by atoms with van der Waals surface area (Å²) in [4.78, 5) is 15.8. The topological polar surface area (TPSA) is 38.8 Å². The van der Waals surface area contributed by atoms with Crippen molar-refractivity contribution in [2.75, 3.05) is 27.3 Å². The van der Waals surface area contributed by atoms with Gasteiger partial charge in [-0.3, -0.25) is 4.90 Å². The minimum absolute atomic E-state index is 0.212. The average Bonchev–Trinajstić information content (AvgIpc) is 2.95. The van der Waals surface area contributed by atoms with Crippen LogP contribution in [0, 0.1) is 12.8 Å². The Labute approximate surface area is 149 Å². The molecule has 1 aromatic heterocycles. The molecular formula is C19H29NO3S. The second kappa shape index (κ2) is 7.54. The third kappa shape index (κ3) is 3.39. The van der Waals surface area contributed by atoms with Gasteiger partial charge in [0.25, 0.3) is 0 Å². The highest BCUT2D eigenvalue weighted by Gasteiger charge is 2.36. The molecule has 1 saturated heterocycles. The molecule has 0 aromatic carbocycles. The van der Waals surface area contributed by atoms with Crippen LogP contribution in [0.1, 0.15) is 59.3 Å². The van der Waals surface area contributed by atoms with Gasteiger partial charge in [0, 0.05) is 36.5 Å². The number of methoxy groups -OCH3 is 2. The van der Waals surface area contributed by atoms with Gasteiger partial charge >= 0.3 is 5.97 Å². The molecular weight excluding hydrogens is 322 g/mol. The highest BCUT2D eigenvalue weighted by atomic mass is 32.1. The van der Waals surface area contributed by atoms with E-state index in [0.717, 1.165) is 36.2 Å². The maximum atomic E-state index is 11.8. The predicted molar refractivity (Wildman–Crippen MR) is 96.9 cm³/mol. The molecule has 5 heteroatoms. The SMILES string of the molecule is COC(=O)c1csc([C@H](C)C2CCC(N3CC(OC)C3)CC2)c1C. The lowest BCUT2D eigenvalue weighted by Gasteiger charge is -2.46. The maximum absolute atomic E-state index is 11.8. The van der Waals surface area contributed by atoms with Gasteiger partial charge in [-0.15, -0.1) is 11.3 Å². The van der Waals surface area contributed by atoms with Gasteiger partial charge in [0.15, 0.2) is 0 Å². The number of hydrogen-bond acceptors (Lipinski definition) is 5. The Morgan fingerprint density at radius 2 is 1.92 bits per heavy atom. The van der Waals surface area contributed by atoms with E-state index in [0.29, 0.717) is 12.0 Å². The molecule has 3 rings (SSSR count). The largest absolute Gasteiger partial charge is 0.465 e. The molecule has 134 valence electrons. The summed E-state index contributed by atoms with van der Waals surface area (Å²) >= 11 is 1.72. The van der Waals surface area contributed by atoms with Gasteiger partial charge in [0.2, 0.25) is 0 Å². The molecule has 1 saturated carbocycles. The summed E-state index contributed by atoms with van der Waals surface area (Å²) in [6.07, 6.45) is 5.60. The van der Waals surface area contributed by atoms with E-state index in [-0.39, 0.29) is 5.97 Å². The van der Waals surface area contributed by atoms with Crippen molar-refractivity contribution in [2.45, 2.75) is 57.6 Å². The third-order valence-corrected chi connectivity index (χ3v) is 7.36. The number of likely N-dealkylation sites (tertiary alicyclic amines) is 1. The average molecular weight is 352 g/mol. The smallest absolute Gasteiger partial charge is 0.338 e. The summed E-state index contributed by atoms with van der Waals surface area (Å²) < 4.78 is 10.3. The van der Waals surface area contributed by atoms with Crippen LogP contribution in [0.5, 0.6) is 0 Å². The Bertz CT molecular complexity index is 571. The van der Waals surface area contributed by atoms with Crippen molar-refractivity contribution in [1.29, 1.82) is 0 Å². The minimum atomic E-state index is -0.212. The van der Waals surface area contributed by atoms with Crippen LogP contribution in [0.4, 0.5) is 0 Å². The van der Waals surface area contributed by atoms with Gasteiger partial charge in [-0.1, -0.05) is 6.92 Å². The number of thiophene rings is 1. The Morgan fingerprint density at radius 1 is 1.25 bits per heavy atom. The number of esters is 1. The quantitative estimate of drug-likeness (QED) is 0.756. The van der Waals surface area contributed by atoms with Crippen molar-refractivity contribution in [1.82, 2.24) is 4.90 Å². The third-order valence-electron chi connectivity index (χ3n) is 6.07. The van der Waals surface area contributed by atoms with E-state index >= 15 is 0 Å². The van der Waals surface area contributed by atoms with Crippen LogP contribution in [0.3, 0.4) is 0 Å². The minimum Gasteiger partial charge on any atom is -0.465 e. The highest BCUT2D eigenvalue weighted by Crippen LogP contribution is 2.41. The molecule has 2 heterocycles. The monoisotopic (exact) mass is 351 g/mol. The number of ether oxygens (including phenoxy) is 2. The summed E-state index contributed by atoms with van der Waals surface area (Å²) in [6.45, 7) is 6.60.